The summed E-state index contributed by atoms with van der Waals surface area (Å²) in [4.78, 5) is 18.3. The molecule has 3 aromatic heterocycles. The summed E-state index contributed by atoms with van der Waals surface area (Å²) < 4.78 is 2.33. The minimum atomic E-state index is 0.235. The second-order valence-electron chi connectivity index (χ2n) is 8.33. The zero-order valence-electron chi connectivity index (χ0n) is 17.9. The highest BCUT2D eigenvalue weighted by Gasteiger charge is 2.26. The summed E-state index contributed by atoms with van der Waals surface area (Å²) in [5.41, 5.74) is 9.73. The lowest BCUT2D eigenvalue weighted by Crippen LogP contribution is -2.20. The van der Waals surface area contributed by atoms with Crippen molar-refractivity contribution in [3.05, 3.63) is 60.2 Å². The first-order chi connectivity index (χ1) is 15.7. The van der Waals surface area contributed by atoms with E-state index in [-0.39, 0.29) is 6.61 Å². The third-order valence-electron chi connectivity index (χ3n) is 6.32. The first kappa shape index (κ1) is 20.1. The number of fused-ring (bicyclic) bond motifs is 3. The van der Waals surface area contributed by atoms with Gasteiger partial charge in [0, 0.05) is 29.6 Å². The van der Waals surface area contributed by atoms with Crippen LogP contribution in [0.3, 0.4) is 0 Å². The number of aromatic nitrogens is 4. The standard InChI is InChI=1S/C25H26N6O/c1-2-6-17-9-11-19(12-10-17)31-22(16-32-30-24(26)18-7-4-3-5-8-18)29-21-15-28-25-20(23(21)31)13-14-27-25/h1,3-5,7-8,13-15,17,19H,6,9-12,16H2,(H2,26,30)(H,27,28). The molecule has 0 unspecified atom stereocenters. The van der Waals surface area contributed by atoms with Gasteiger partial charge in [0.15, 0.2) is 18.3 Å². The smallest absolute Gasteiger partial charge is 0.174 e. The Labute approximate surface area is 186 Å². The fourth-order valence-electron chi connectivity index (χ4n) is 4.73. The molecule has 0 atom stereocenters. The number of amidine groups is 1. The molecule has 1 fully saturated rings. The third-order valence-corrected chi connectivity index (χ3v) is 6.32. The molecule has 0 bridgehead atoms. The highest BCUT2D eigenvalue weighted by Crippen LogP contribution is 2.38. The molecule has 7 heteroatoms. The molecular formula is C25H26N6O. The lowest BCUT2D eigenvalue weighted by Gasteiger charge is -2.30. The molecule has 1 aromatic carbocycles. The molecule has 7 nitrogen and oxygen atoms in total. The number of nitrogens with two attached hydrogens (primary N) is 1. The van der Waals surface area contributed by atoms with Crippen molar-refractivity contribution < 1.29 is 4.84 Å². The Kier molecular flexibility index (Phi) is 5.51. The van der Waals surface area contributed by atoms with Crippen molar-refractivity contribution in [2.24, 2.45) is 16.8 Å². The molecule has 1 saturated carbocycles. The van der Waals surface area contributed by atoms with Crippen molar-refractivity contribution in [3.63, 3.8) is 0 Å². The van der Waals surface area contributed by atoms with E-state index in [0.717, 1.165) is 65.6 Å². The number of H-pyrrole nitrogens is 1. The zero-order valence-corrected chi connectivity index (χ0v) is 17.9. The van der Waals surface area contributed by atoms with E-state index < -0.39 is 0 Å². The topological polar surface area (TPSA) is 94.1 Å². The summed E-state index contributed by atoms with van der Waals surface area (Å²) in [6, 6.07) is 12.0. The second kappa shape index (κ2) is 8.75. The Balaban J connectivity index is 1.47. The van der Waals surface area contributed by atoms with Gasteiger partial charge in [0.25, 0.3) is 0 Å². The Hall–Kier alpha value is -3.79. The largest absolute Gasteiger partial charge is 0.386 e. The molecule has 0 saturated heterocycles. The maximum absolute atomic E-state index is 6.09. The van der Waals surface area contributed by atoms with Gasteiger partial charge in [-0.05, 0) is 37.7 Å². The van der Waals surface area contributed by atoms with Gasteiger partial charge in [0.1, 0.15) is 11.2 Å². The van der Waals surface area contributed by atoms with E-state index in [0.29, 0.717) is 17.8 Å². The normalized spacial score (nSPS) is 19.3. The minimum Gasteiger partial charge on any atom is -0.386 e. The third kappa shape index (κ3) is 3.80. The predicted molar refractivity (Wildman–Crippen MR) is 126 cm³/mol. The van der Waals surface area contributed by atoms with Gasteiger partial charge in [-0.25, -0.2) is 9.97 Å². The maximum atomic E-state index is 6.09. The summed E-state index contributed by atoms with van der Waals surface area (Å²) in [5.74, 6) is 4.61. The molecule has 3 N–H and O–H groups in total. The Morgan fingerprint density at radius 1 is 1.22 bits per heavy atom. The van der Waals surface area contributed by atoms with Crippen LogP contribution >= 0.6 is 0 Å². The summed E-state index contributed by atoms with van der Waals surface area (Å²) in [6.45, 7) is 0.235. The van der Waals surface area contributed by atoms with E-state index in [4.69, 9.17) is 22.0 Å². The van der Waals surface area contributed by atoms with Crippen molar-refractivity contribution in [2.45, 2.75) is 44.8 Å². The molecule has 0 spiro atoms. The van der Waals surface area contributed by atoms with Gasteiger partial charge in [-0.2, -0.15) is 0 Å². The molecular weight excluding hydrogens is 400 g/mol. The average molecular weight is 427 g/mol. The monoisotopic (exact) mass is 426 g/mol. The summed E-state index contributed by atoms with van der Waals surface area (Å²) in [5, 5.41) is 5.20. The molecule has 0 radical (unpaired) electrons. The number of pyridine rings is 1. The van der Waals surface area contributed by atoms with Crippen LogP contribution in [0.4, 0.5) is 0 Å². The number of nitrogens with zero attached hydrogens (tertiary/aromatic N) is 4. The number of oxime groups is 1. The van der Waals surface area contributed by atoms with E-state index in [9.17, 15) is 0 Å². The van der Waals surface area contributed by atoms with Crippen LogP contribution in [-0.4, -0.2) is 25.4 Å². The molecule has 1 aliphatic carbocycles. The summed E-state index contributed by atoms with van der Waals surface area (Å²) in [6.07, 6.45) is 14.5. The van der Waals surface area contributed by atoms with Crippen molar-refractivity contribution in [3.8, 4) is 12.3 Å². The molecule has 1 aliphatic rings. The van der Waals surface area contributed by atoms with Gasteiger partial charge in [0.2, 0.25) is 0 Å². The van der Waals surface area contributed by atoms with E-state index in [1.165, 1.54) is 0 Å². The van der Waals surface area contributed by atoms with Crippen LogP contribution in [-0.2, 0) is 11.4 Å². The Morgan fingerprint density at radius 3 is 2.81 bits per heavy atom. The van der Waals surface area contributed by atoms with Crippen molar-refractivity contribution in [1.82, 2.24) is 19.5 Å². The number of hydrogen-bond acceptors (Lipinski definition) is 4. The number of imidazole rings is 1. The quantitative estimate of drug-likeness (QED) is 0.205. The average Bonchev–Trinajstić information content (AvgIpc) is 3.44. The summed E-state index contributed by atoms with van der Waals surface area (Å²) in [7, 11) is 0. The Morgan fingerprint density at radius 2 is 2.03 bits per heavy atom. The van der Waals surface area contributed by atoms with Crippen LogP contribution in [0.5, 0.6) is 0 Å². The number of terminal acetylenes is 1. The molecule has 5 rings (SSSR count). The lowest BCUT2D eigenvalue weighted by atomic mass is 9.84. The van der Waals surface area contributed by atoms with Crippen LogP contribution in [0, 0.1) is 18.3 Å². The lowest BCUT2D eigenvalue weighted by molar-refractivity contribution is 0.119. The van der Waals surface area contributed by atoms with Gasteiger partial charge < -0.3 is 20.1 Å². The molecule has 0 aliphatic heterocycles. The van der Waals surface area contributed by atoms with Crippen LogP contribution < -0.4 is 5.73 Å². The second-order valence-corrected chi connectivity index (χ2v) is 8.33. The van der Waals surface area contributed by atoms with Gasteiger partial charge in [0.05, 0.1) is 11.7 Å². The molecule has 0 amide bonds. The number of aromatic amines is 1. The minimum absolute atomic E-state index is 0.235. The van der Waals surface area contributed by atoms with Crippen molar-refractivity contribution >= 4 is 27.9 Å². The van der Waals surface area contributed by atoms with E-state index in [2.05, 4.69) is 31.7 Å². The van der Waals surface area contributed by atoms with Gasteiger partial charge in [-0.3, -0.25) is 0 Å². The Bertz CT molecular complexity index is 1290. The van der Waals surface area contributed by atoms with E-state index >= 15 is 0 Å². The number of nitrogens with one attached hydrogen (secondary N) is 1. The molecule has 3 heterocycles. The maximum Gasteiger partial charge on any atom is 0.174 e. The molecule has 4 aromatic rings. The van der Waals surface area contributed by atoms with Crippen molar-refractivity contribution in [1.29, 1.82) is 0 Å². The highest BCUT2D eigenvalue weighted by atomic mass is 16.6. The van der Waals surface area contributed by atoms with Crippen LogP contribution in [0.25, 0.3) is 22.1 Å². The highest BCUT2D eigenvalue weighted by molar-refractivity contribution is 6.01. The molecule has 32 heavy (non-hydrogen) atoms. The van der Waals surface area contributed by atoms with Crippen LogP contribution in [0.1, 0.15) is 49.5 Å². The fraction of sp³-hybridized carbons (Fsp3) is 0.320. The van der Waals surface area contributed by atoms with Crippen LogP contribution in [0.2, 0.25) is 0 Å². The van der Waals surface area contributed by atoms with Gasteiger partial charge in [-0.15, -0.1) is 12.3 Å². The van der Waals surface area contributed by atoms with Crippen molar-refractivity contribution in [2.75, 3.05) is 0 Å². The number of hydrogen-bond donors (Lipinski definition) is 2. The number of rotatable bonds is 6. The van der Waals surface area contributed by atoms with Gasteiger partial charge in [-0.1, -0.05) is 35.5 Å². The van der Waals surface area contributed by atoms with Gasteiger partial charge >= 0.3 is 0 Å². The number of benzene rings is 1. The van der Waals surface area contributed by atoms with Crippen LogP contribution in [0.15, 0.2) is 53.9 Å². The van der Waals surface area contributed by atoms with E-state index in [1.807, 2.05) is 42.7 Å². The fourth-order valence-corrected chi connectivity index (χ4v) is 4.73. The van der Waals surface area contributed by atoms with E-state index in [1.54, 1.807) is 0 Å². The molecule has 162 valence electrons. The summed E-state index contributed by atoms with van der Waals surface area (Å²) >= 11 is 0. The SMILES string of the molecule is C#CCC1CCC(n2c(CO/N=C(\N)c3ccccc3)nc3cnc4[nH]ccc4c32)CC1. The first-order valence-corrected chi connectivity index (χ1v) is 11.0. The first-order valence-electron chi connectivity index (χ1n) is 11.0. The predicted octanol–water partition coefficient (Wildman–Crippen LogP) is 4.50. The zero-order chi connectivity index (χ0) is 21.9.